The molecule has 0 saturated carbocycles. The van der Waals surface area contributed by atoms with Crippen molar-refractivity contribution in [3.05, 3.63) is 54.1 Å². The molecule has 2 aromatic carbocycles. The molecule has 0 atom stereocenters. The number of hydrogen-bond donors (Lipinski definition) is 2. The second-order valence-electron chi connectivity index (χ2n) is 4.89. The number of sulfonamides is 1. The summed E-state index contributed by atoms with van der Waals surface area (Å²) in [6, 6.07) is 12.6. The number of anilines is 2. The van der Waals surface area contributed by atoms with E-state index in [1.807, 2.05) is 0 Å². The fourth-order valence-electron chi connectivity index (χ4n) is 1.81. The van der Waals surface area contributed by atoms with Gasteiger partial charge in [-0.3, -0.25) is 4.79 Å². The second kappa shape index (κ2) is 6.17. The molecule has 0 saturated heterocycles. The summed E-state index contributed by atoms with van der Waals surface area (Å²) < 4.78 is 25.0. The van der Waals surface area contributed by atoms with E-state index in [2.05, 4.69) is 5.32 Å². The van der Waals surface area contributed by atoms with Crippen LogP contribution in [0.15, 0.2) is 53.4 Å². The average molecular weight is 319 g/mol. The summed E-state index contributed by atoms with van der Waals surface area (Å²) in [4.78, 5) is 12.2. The van der Waals surface area contributed by atoms with Gasteiger partial charge in [-0.05, 0) is 42.5 Å². The Morgan fingerprint density at radius 3 is 2.27 bits per heavy atom. The van der Waals surface area contributed by atoms with Crippen LogP contribution >= 0.6 is 0 Å². The topological polar surface area (TPSA) is 92.5 Å². The summed E-state index contributed by atoms with van der Waals surface area (Å²) in [6.45, 7) is 0. The van der Waals surface area contributed by atoms with Crippen LogP contribution in [0.4, 0.5) is 11.4 Å². The smallest absolute Gasteiger partial charge is 0.255 e. The van der Waals surface area contributed by atoms with E-state index in [0.29, 0.717) is 16.9 Å². The standard InChI is InChI=1S/C15H17N3O3S/c1-18(2)22(20,21)14-8-6-11(7-9-14)15(19)17-13-5-3-4-12(16)10-13/h3-10H,16H2,1-2H3,(H,17,19). The molecule has 0 aliphatic heterocycles. The van der Waals surface area contributed by atoms with Crippen molar-refractivity contribution in [1.29, 1.82) is 0 Å². The highest BCUT2D eigenvalue weighted by molar-refractivity contribution is 7.89. The summed E-state index contributed by atoms with van der Waals surface area (Å²) in [5.41, 5.74) is 7.13. The van der Waals surface area contributed by atoms with Crippen molar-refractivity contribution in [2.45, 2.75) is 4.90 Å². The predicted molar refractivity (Wildman–Crippen MR) is 86.1 cm³/mol. The Balaban J connectivity index is 2.19. The molecule has 0 aliphatic rings. The highest BCUT2D eigenvalue weighted by Crippen LogP contribution is 2.16. The Kier molecular flexibility index (Phi) is 4.48. The maximum atomic E-state index is 12.1. The van der Waals surface area contributed by atoms with Gasteiger partial charge < -0.3 is 11.1 Å². The first-order valence-electron chi connectivity index (χ1n) is 6.50. The quantitative estimate of drug-likeness (QED) is 0.840. The number of rotatable bonds is 4. The summed E-state index contributed by atoms with van der Waals surface area (Å²) in [5.74, 6) is -0.334. The van der Waals surface area contributed by atoms with E-state index in [0.717, 1.165) is 4.31 Å². The minimum atomic E-state index is -3.50. The van der Waals surface area contributed by atoms with Crippen LogP contribution in [0.5, 0.6) is 0 Å². The lowest BCUT2D eigenvalue weighted by molar-refractivity contribution is 0.102. The lowest BCUT2D eigenvalue weighted by atomic mass is 10.2. The molecule has 0 fully saturated rings. The highest BCUT2D eigenvalue weighted by Gasteiger charge is 2.17. The van der Waals surface area contributed by atoms with Gasteiger partial charge in [0.2, 0.25) is 10.0 Å². The molecule has 3 N–H and O–H groups in total. The van der Waals surface area contributed by atoms with Crippen LogP contribution in [0, 0.1) is 0 Å². The fraction of sp³-hybridized carbons (Fsp3) is 0.133. The highest BCUT2D eigenvalue weighted by atomic mass is 32.2. The normalized spacial score (nSPS) is 11.4. The Hall–Kier alpha value is -2.38. The SMILES string of the molecule is CN(C)S(=O)(=O)c1ccc(C(=O)Nc2cccc(N)c2)cc1. The van der Waals surface area contributed by atoms with Gasteiger partial charge in [-0.1, -0.05) is 6.07 Å². The van der Waals surface area contributed by atoms with E-state index in [9.17, 15) is 13.2 Å². The lowest BCUT2D eigenvalue weighted by Crippen LogP contribution is -2.22. The Morgan fingerprint density at radius 1 is 1.09 bits per heavy atom. The van der Waals surface area contributed by atoms with Crippen molar-refractivity contribution in [1.82, 2.24) is 4.31 Å². The summed E-state index contributed by atoms with van der Waals surface area (Å²) in [7, 11) is -0.591. The Morgan fingerprint density at radius 2 is 1.73 bits per heavy atom. The van der Waals surface area contributed by atoms with Crippen LogP contribution in [0.1, 0.15) is 10.4 Å². The van der Waals surface area contributed by atoms with Crippen LogP contribution in [-0.4, -0.2) is 32.7 Å². The molecule has 0 aliphatic carbocycles. The monoisotopic (exact) mass is 319 g/mol. The van der Waals surface area contributed by atoms with E-state index >= 15 is 0 Å². The number of nitrogens with two attached hydrogens (primary N) is 1. The number of nitrogens with zero attached hydrogens (tertiary/aromatic N) is 1. The zero-order valence-electron chi connectivity index (χ0n) is 12.3. The summed E-state index contributed by atoms with van der Waals surface area (Å²) in [6.07, 6.45) is 0. The number of benzene rings is 2. The average Bonchev–Trinajstić information content (AvgIpc) is 2.47. The van der Waals surface area contributed by atoms with Crippen molar-refractivity contribution in [2.24, 2.45) is 0 Å². The molecule has 2 aromatic rings. The summed E-state index contributed by atoms with van der Waals surface area (Å²) >= 11 is 0. The molecule has 0 heterocycles. The number of carbonyl (C=O) groups excluding carboxylic acids is 1. The molecule has 2 rings (SSSR count). The van der Waals surface area contributed by atoms with Crippen molar-refractivity contribution in [3.63, 3.8) is 0 Å². The number of nitrogen functional groups attached to an aromatic ring is 1. The van der Waals surface area contributed by atoms with Crippen LogP contribution in [0.2, 0.25) is 0 Å². The Bertz CT molecular complexity index is 784. The molecule has 1 amide bonds. The molecule has 7 heteroatoms. The molecule has 0 aromatic heterocycles. The molecule has 22 heavy (non-hydrogen) atoms. The van der Waals surface area contributed by atoms with Gasteiger partial charge >= 0.3 is 0 Å². The van der Waals surface area contributed by atoms with Crippen molar-refractivity contribution < 1.29 is 13.2 Å². The first-order valence-corrected chi connectivity index (χ1v) is 7.94. The minimum absolute atomic E-state index is 0.137. The maximum absolute atomic E-state index is 12.1. The van der Waals surface area contributed by atoms with Gasteiger partial charge in [0, 0.05) is 31.0 Å². The van der Waals surface area contributed by atoms with Gasteiger partial charge in [0.25, 0.3) is 5.91 Å². The number of nitrogens with one attached hydrogen (secondary N) is 1. The van der Waals surface area contributed by atoms with Gasteiger partial charge in [-0.15, -0.1) is 0 Å². The third kappa shape index (κ3) is 3.44. The van der Waals surface area contributed by atoms with Crippen LogP contribution in [0.3, 0.4) is 0 Å². The van der Waals surface area contributed by atoms with Crippen molar-refractivity contribution >= 4 is 27.3 Å². The zero-order chi connectivity index (χ0) is 16.3. The minimum Gasteiger partial charge on any atom is -0.399 e. The third-order valence-electron chi connectivity index (χ3n) is 3.04. The van der Waals surface area contributed by atoms with E-state index in [4.69, 9.17) is 5.73 Å². The Labute approximate surface area is 129 Å². The molecular formula is C15H17N3O3S. The largest absolute Gasteiger partial charge is 0.399 e. The lowest BCUT2D eigenvalue weighted by Gasteiger charge is -2.11. The van der Waals surface area contributed by atoms with Crippen LogP contribution in [-0.2, 0) is 10.0 Å². The van der Waals surface area contributed by atoms with Crippen molar-refractivity contribution in [3.8, 4) is 0 Å². The van der Waals surface area contributed by atoms with E-state index in [1.54, 1.807) is 24.3 Å². The van der Waals surface area contributed by atoms with Crippen LogP contribution in [0.25, 0.3) is 0 Å². The molecule has 0 spiro atoms. The van der Waals surface area contributed by atoms with E-state index in [1.165, 1.54) is 38.4 Å². The first kappa shape index (κ1) is 16.0. The number of carbonyl (C=O) groups is 1. The van der Waals surface area contributed by atoms with Crippen LogP contribution < -0.4 is 11.1 Å². The molecule has 116 valence electrons. The number of hydrogen-bond acceptors (Lipinski definition) is 4. The van der Waals surface area contributed by atoms with Crippen molar-refractivity contribution in [2.75, 3.05) is 25.1 Å². The predicted octanol–water partition coefficient (Wildman–Crippen LogP) is 1.77. The van der Waals surface area contributed by atoms with Gasteiger partial charge in [0.1, 0.15) is 0 Å². The van der Waals surface area contributed by atoms with Gasteiger partial charge in [-0.25, -0.2) is 12.7 Å². The van der Waals surface area contributed by atoms with E-state index in [-0.39, 0.29) is 10.8 Å². The van der Waals surface area contributed by atoms with Gasteiger partial charge in [0.05, 0.1) is 4.90 Å². The first-order chi connectivity index (χ1) is 10.3. The third-order valence-corrected chi connectivity index (χ3v) is 4.87. The molecule has 0 radical (unpaired) electrons. The molecular weight excluding hydrogens is 302 g/mol. The van der Waals surface area contributed by atoms with E-state index < -0.39 is 10.0 Å². The number of amides is 1. The molecule has 0 unspecified atom stereocenters. The van der Waals surface area contributed by atoms with Gasteiger partial charge in [0.15, 0.2) is 0 Å². The second-order valence-corrected chi connectivity index (χ2v) is 7.04. The summed E-state index contributed by atoms with van der Waals surface area (Å²) in [5, 5.41) is 2.70. The fourth-order valence-corrected chi connectivity index (χ4v) is 2.71. The maximum Gasteiger partial charge on any atom is 0.255 e. The molecule has 6 nitrogen and oxygen atoms in total. The zero-order valence-corrected chi connectivity index (χ0v) is 13.1. The molecule has 0 bridgehead atoms. The van der Waals surface area contributed by atoms with Gasteiger partial charge in [-0.2, -0.15) is 0 Å².